The summed E-state index contributed by atoms with van der Waals surface area (Å²) in [6.07, 6.45) is 0.834. The SMILES string of the molecule is Cc1ccc2c(c1)C(NC(=S)Nc1cccc(Cl)c1)CC(C)(C)O2. The molecule has 0 fully saturated rings. The van der Waals surface area contributed by atoms with Gasteiger partial charge in [-0.3, -0.25) is 0 Å². The van der Waals surface area contributed by atoms with Gasteiger partial charge in [0.2, 0.25) is 0 Å². The van der Waals surface area contributed by atoms with Crippen LogP contribution in [0.3, 0.4) is 0 Å². The Morgan fingerprint density at radius 3 is 2.79 bits per heavy atom. The number of fused-ring (bicyclic) bond motifs is 1. The van der Waals surface area contributed by atoms with Crippen LogP contribution in [0, 0.1) is 6.92 Å². The Bertz CT molecular complexity index is 776. The number of nitrogens with one attached hydrogen (secondary N) is 2. The second-order valence-electron chi connectivity index (χ2n) is 6.77. The molecule has 0 saturated carbocycles. The van der Waals surface area contributed by atoms with E-state index in [4.69, 9.17) is 28.6 Å². The average Bonchev–Trinajstić information content (AvgIpc) is 2.47. The van der Waals surface area contributed by atoms with E-state index in [9.17, 15) is 0 Å². The summed E-state index contributed by atoms with van der Waals surface area (Å²) in [6, 6.07) is 13.9. The molecule has 0 bridgehead atoms. The number of benzene rings is 2. The van der Waals surface area contributed by atoms with Crippen LogP contribution in [0.5, 0.6) is 5.75 Å². The predicted octanol–water partition coefficient (Wildman–Crippen LogP) is 5.24. The smallest absolute Gasteiger partial charge is 0.171 e. The minimum absolute atomic E-state index is 0.0998. The number of thiocarbonyl (C=S) groups is 1. The largest absolute Gasteiger partial charge is 0.487 e. The maximum Gasteiger partial charge on any atom is 0.171 e. The van der Waals surface area contributed by atoms with Crippen molar-refractivity contribution in [3.8, 4) is 5.75 Å². The van der Waals surface area contributed by atoms with E-state index < -0.39 is 0 Å². The predicted molar refractivity (Wildman–Crippen MR) is 104 cm³/mol. The summed E-state index contributed by atoms with van der Waals surface area (Å²) in [5.74, 6) is 0.917. The second kappa shape index (κ2) is 6.61. The molecule has 1 unspecified atom stereocenters. The first-order valence-corrected chi connectivity index (χ1v) is 8.74. The lowest BCUT2D eigenvalue weighted by Crippen LogP contribution is -2.42. The van der Waals surface area contributed by atoms with Gasteiger partial charge in [0.25, 0.3) is 0 Å². The van der Waals surface area contributed by atoms with Crippen LogP contribution in [-0.4, -0.2) is 10.7 Å². The number of hydrogen-bond donors (Lipinski definition) is 2. The van der Waals surface area contributed by atoms with Crippen LogP contribution < -0.4 is 15.4 Å². The Morgan fingerprint density at radius 2 is 2.04 bits per heavy atom. The lowest BCUT2D eigenvalue weighted by atomic mass is 9.89. The van der Waals surface area contributed by atoms with E-state index in [-0.39, 0.29) is 11.6 Å². The molecule has 1 aliphatic rings. The molecule has 126 valence electrons. The maximum absolute atomic E-state index is 6.10. The van der Waals surface area contributed by atoms with Crippen LogP contribution in [0.2, 0.25) is 5.02 Å². The fraction of sp³-hybridized carbons (Fsp3) is 0.316. The second-order valence-corrected chi connectivity index (χ2v) is 7.61. The maximum atomic E-state index is 6.10. The van der Waals surface area contributed by atoms with Crippen molar-refractivity contribution < 1.29 is 4.74 Å². The minimum Gasteiger partial charge on any atom is -0.487 e. The van der Waals surface area contributed by atoms with Gasteiger partial charge in [0.15, 0.2) is 5.11 Å². The zero-order valence-corrected chi connectivity index (χ0v) is 15.6. The molecule has 0 amide bonds. The van der Waals surface area contributed by atoms with Crippen LogP contribution in [0.25, 0.3) is 0 Å². The molecule has 1 aliphatic heterocycles. The number of hydrogen-bond acceptors (Lipinski definition) is 2. The summed E-state index contributed by atoms with van der Waals surface area (Å²) >= 11 is 11.5. The topological polar surface area (TPSA) is 33.3 Å². The Balaban J connectivity index is 1.79. The average molecular weight is 361 g/mol. The quantitative estimate of drug-likeness (QED) is 0.718. The van der Waals surface area contributed by atoms with Crippen molar-refractivity contribution in [1.82, 2.24) is 5.32 Å². The molecule has 2 N–H and O–H groups in total. The van der Waals surface area contributed by atoms with Crippen LogP contribution in [0.15, 0.2) is 42.5 Å². The molecule has 1 atom stereocenters. The van der Waals surface area contributed by atoms with Gasteiger partial charge < -0.3 is 15.4 Å². The number of rotatable bonds is 2. The van der Waals surface area contributed by atoms with Crippen molar-refractivity contribution in [3.05, 3.63) is 58.6 Å². The molecule has 24 heavy (non-hydrogen) atoms. The fourth-order valence-corrected chi connectivity index (χ4v) is 3.44. The van der Waals surface area contributed by atoms with Gasteiger partial charge in [-0.15, -0.1) is 0 Å². The Hall–Kier alpha value is -1.78. The van der Waals surface area contributed by atoms with Crippen LogP contribution >= 0.6 is 23.8 Å². The van der Waals surface area contributed by atoms with E-state index in [0.717, 1.165) is 23.4 Å². The summed E-state index contributed by atoms with van der Waals surface area (Å²) in [6.45, 7) is 6.27. The van der Waals surface area contributed by atoms with E-state index in [2.05, 4.69) is 43.5 Å². The van der Waals surface area contributed by atoms with Crippen molar-refractivity contribution in [2.45, 2.75) is 38.8 Å². The zero-order valence-electron chi connectivity index (χ0n) is 14.0. The van der Waals surface area contributed by atoms with Crippen LogP contribution in [0.1, 0.15) is 37.4 Å². The monoisotopic (exact) mass is 360 g/mol. The summed E-state index contributed by atoms with van der Waals surface area (Å²) < 4.78 is 6.10. The van der Waals surface area contributed by atoms with Crippen molar-refractivity contribution in [2.75, 3.05) is 5.32 Å². The highest BCUT2D eigenvalue weighted by atomic mass is 35.5. The summed E-state index contributed by atoms with van der Waals surface area (Å²) in [7, 11) is 0. The van der Waals surface area contributed by atoms with Gasteiger partial charge in [-0.1, -0.05) is 35.4 Å². The van der Waals surface area contributed by atoms with Crippen LogP contribution in [-0.2, 0) is 0 Å². The molecule has 3 nitrogen and oxygen atoms in total. The van der Waals surface area contributed by atoms with Crippen molar-refractivity contribution in [2.24, 2.45) is 0 Å². The molecule has 0 aliphatic carbocycles. The first-order valence-electron chi connectivity index (χ1n) is 7.95. The number of halogens is 1. The van der Waals surface area contributed by atoms with Gasteiger partial charge in [-0.25, -0.2) is 0 Å². The normalized spacial score (nSPS) is 18.2. The fourth-order valence-electron chi connectivity index (χ4n) is 2.99. The van der Waals surface area contributed by atoms with Gasteiger partial charge in [0, 0.05) is 22.7 Å². The molecular weight excluding hydrogens is 340 g/mol. The van der Waals surface area contributed by atoms with E-state index in [0.29, 0.717) is 10.1 Å². The molecule has 0 aromatic heterocycles. The first kappa shape index (κ1) is 17.1. The third-order valence-electron chi connectivity index (χ3n) is 4.01. The molecule has 1 heterocycles. The van der Waals surface area contributed by atoms with Gasteiger partial charge >= 0.3 is 0 Å². The zero-order chi connectivity index (χ0) is 17.3. The van der Waals surface area contributed by atoms with Gasteiger partial charge in [-0.05, 0) is 57.3 Å². The third kappa shape index (κ3) is 4.00. The molecule has 0 radical (unpaired) electrons. The molecule has 0 spiro atoms. The van der Waals surface area contributed by atoms with Gasteiger partial charge in [0.1, 0.15) is 11.4 Å². The van der Waals surface area contributed by atoms with Gasteiger partial charge in [-0.2, -0.15) is 0 Å². The molecule has 2 aromatic rings. The lowest BCUT2D eigenvalue weighted by Gasteiger charge is -2.38. The van der Waals surface area contributed by atoms with Crippen molar-refractivity contribution in [3.63, 3.8) is 0 Å². The van der Waals surface area contributed by atoms with E-state index in [1.807, 2.05) is 30.3 Å². The molecule has 3 rings (SSSR count). The highest BCUT2D eigenvalue weighted by molar-refractivity contribution is 7.80. The summed E-state index contributed by atoms with van der Waals surface area (Å²) in [5.41, 5.74) is 2.98. The Kier molecular flexibility index (Phi) is 4.70. The summed E-state index contributed by atoms with van der Waals surface area (Å²) in [4.78, 5) is 0. The van der Waals surface area contributed by atoms with Crippen molar-refractivity contribution in [1.29, 1.82) is 0 Å². The Labute approximate surface area is 153 Å². The number of anilines is 1. The number of aryl methyl sites for hydroxylation is 1. The third-order valence-corrected chi connectivity index (χ3v) is 4.47. The highest BCUT2D eigenvalue weighted by Crippen LogP contribution is 2.39. The molecule has 2 aromatic carbocycles. The standard InChI is InChI=1S/C19H21ClN2OS/c1-12-7-8-17-15(9-12)16(11-19(2,3)23-17)22-18(24)21-14-6-4-5-13(20)10-14/h4-10,16H,11H2,1-3H3,(H2,21,22,24). The summed E-state index contributed by atoms with van der Waals surface area (Å²) in [5, 5.41) is 7.87. The van der Waals surface area contributed by atoms with E-state index >= 15 is 0 Å². The number of ether oxygens (including phenoxy) is 1. The van der Waals surface area contributed by atoms with Gasteiger partial charge in [0.05, 0.1) is 6.04 Å². The lowest BCUT2D eigenvalue weighted by molar-refractivity contribution is 0.0696. The molecule has 0 saturated heterocycles. The molecule has 5 heteroatoms. The first-order chi connectivity index (χ1) is 11.3. The van der Waals surface area contributed by atoms with Crippen molar-refractivity contribution >= 4 is 34.6 Å². The van der Waals surface area contributed by atoms with E-state index in [1.54, 1.807) is 0 Å². The Morgan fingerprint density at radius 1 is 1.25 bits per heavy atom. The minimum atomic E-state index is -0.244. The highest BCUT2D eigenvalue weighted by Gasteiger charge is 2.34. The van der Waals surface area contributed by atoms with Crippen LogP contribution in [0.4, 0.5) is 5.69 Å². The molecular formula is C19H21ClN2OS. The van der Waals surface area contributed by atoms with E-state index in [1.165, 1.54) is 5.56 Å².